The summed E-state index contributed by atoms with van der Waals surface area (Å²) in [5.74, 6) is -3.81. The van der Waals surface area contributed by atoms with E-state index in [-0.39, 0.29) is 6.54 Å². The van der Waals surface area contributed by atoms with E-state index in [1.165, 1.54) is 96.3 Å². The van der Waals surface area contributed by atoms with Gasteiger partial charge in [0, 0.05) is 0 Å². The first kappa shape index (κ1) is 34.1. The number of rotatable bonds is 27. The molecule has 0 spiro atoms. The highest BCUT2D eigenvalue weighted by atomic mass is 16.4. The second kappa shape index (κ2) is 23.5. The molecule has 0 bridgehead atoms. The van der Waals surface area contributed by atoms with Gasteiger partial charge in [0.1, 0.15) is 6.54 Å². The third-order valence-corrected chi connectivity index (χ3v) is 6.80. The maximum absolute atomic E-state index is 11.2. The third-order valence-electron chi connectivity index (χ3n) is 6.80. The highest BCUT2D eigenvalue weighted by Gasteiger charge is 2.33. The molecular formula is C29H53NO6. The van der Waals surface area contributed by atoms with E-state index < -0.39 is 42.0 Å². The van der Waals surface area contributed by atoms with Crippen molar-refractivity contribution in [1.29, 1.82) is 0 Å². The molecule has 0 rings (SSSR count). The minimum atomic E-state index is -1.42. The van der Waals surface area contributed by atoms with Crippen LogP contribution in [0, 0.1) is 0 Å². The van der Waals surface area contributed by atoms with Gasteiger partial charge in [0.15, 0.2) is 13.1 Å². The van der Waals surface area contributed by atoms with Crippen LogP contribution in [0.15, 0.2) is 12.2 Å². The molecule has 2 N–H and O–H groups in total. The van der Waals surface area contributed by atoms with Crippen LogP contribution >= 0.6 is 0 Å². The van der Waals surface area contributed by atoms with Crippen LogP contribution in [-0.4, -0.2) is 58.8 Å². The third kappa shape index (κ3) is 22.6. The Morgan fingerprint density at radius 2 is 0.944 bits per heavy atom. The Morgan fingerprint density at radius 3 is 1.31 bits per heavy atom. The molecule has 0 aromatic carbocycles. The van der Waals surface area contributed by atoms with Gasteiger partial charge in [-0.15, -0.1) is 0 Å². The summed E-state index contributed by atoms with van der Waals surface area (Å²) in [6.45, 7) is 0.851. The van der Waals surface area contributed by atoms with E-state index in [1.54, 1.807) is 0 Å². The molecule has 0 aliphatic heterocycles. The predicted octanol–water partition coefficient (Wildman–Crippen LogP) is 5.71. The van der Waals surface area contributed by atoms with E-state index >= 15 is 0 Å². The summed E-state index contributed by atoms with van der Waals surface area (Å²) >= 11 is 0. The van der Waals surface area contributed by atoms with Crippen LogP contribution in [0.1, 0.15) is 129 Å². The number of carboxylic acids is 3. The van der Waals surface area contributed by atoms with Crippen molar-refractivity contribution in [3.63, 3.8) is 0 Å². The van der Waals surface area contributed by atoms with Crippen molar-refractivity contribution in [2.45, 2.75) is 129 Å². The van der Waals surface area contributed by atoms with Gasteiger partial charge >= 0.3 is 11.9 Å². The van der Waals surface area contributed by atoms with Crippen molar-refractivity contribution in [2.75, 3.05) is 26.2 Å². The fourth-order valence-corrected chi connectivity index (χ4v) is 4.83. The van der Waals surface area contributed by atoms with E-state index in [2.05, 4.69) is 19.1 Å². The fraction of sp³-hybridized carbons (Fsp3) is 0.828. The average Bonchev–Trinajstić information content (AvgIpc) is 2.78. The van der Waals surface area contributed by atoms with Crippen LogP contribution in [0.4, 0.5) is 0 Å². The maximum Gasteiger partial charge on any atom is 0.359 e. The van der Waals surface area contributed by atoms with E-state index in [9.17, 15) is 19.5 Å². The van der Waals surface area contributed by atoms with E-state index in [1.807, 2.05) is 0 Å². The fourth-order valence-electron chi connectivity index (χ4n) is 4.83. The molecule has 0 unspecified atom stereocenters. The van der Waals surface area contributed by atoms with Crippen LogP contribution in [0.25, 0.3) is 0 Å². The van der Waals surface area contributed by atoms with Crippen LogP contribution in [0.5, 0.6) is 0 Å². The molecule has 0 aliphatic carbocycles. The number of hydrogen-bond acceptors (Lipinski definition) is 4. The molecule has 0 saturated carbocycles. The SMILES string of the molecule is CCCCCC/C=C/CCCCCCCCCCCCCCC[N+](CC(=O)[O-])(CC(=O)O)CC(=O)O. The molecule has 0 aromatic rings. The highest BCUT2D eigenvalue weighted by molar-refractivity contribution is 5.72. The molecule has 0 atom stereocenters. The number of allylic oxidation sites excluding steroid dienone is 2. The molecule has 0 aromatic heterocycles. The van der Waals surface area contributed by atoms with Gasteiger partial charge in [-0.25, -0.2) is 9.59 Å². The summed E-state index contributed by atoms with van der Waals surface area (Å²) in [5, 5.41) is 29.3. The quantitative estimate of drug-likeness (QED) is 0.0829. The van der Waals surface area contributed by atoms with Gasteiger partial charge in [-0.05, 0) is 38.5 Å². The van der Waals surface area contributed by atoms with Crippen molar-refractivity contribution in [2.24, 2.45) is 0 Å². The van der Waals surface area contributed by atoms with Crippen molar-refractivity contribution in [3.8, 4) is 0 Å². The number of aliphatic carboxylic acids is 3. The van der Waals surface area contributed by atoms with Gasteiger partial charge in [0.25, 0.3) is 0 Å². The normalized spacial score (nSPS) is 11.8. The lowest BCUT2D eigenvalue weighted by atomic mass is 10.0. The molecule has 36 heavy (non-hydrogen) atoms. The van der Waals surface area contributed by atoms with Gasteiger partial charge in [0.05, 0.1) is 12.5 Å². The monoisotopic (exact) mass is 511 g/mol. The largest absolute Gasteiger partial charge is 0.544 e. The van der Waals surface area contributed by atoms with Crippen molar-refractivity contribution in [1.82, 2.24) is 0 Å². The second-order valence-electron chi connectivity index (χ2n) is 10.4. The van der Waals surface area contributed by atoms with Gasteiger partial charge < -0.3 is 24.6 Å². The summed E-state index contributed by atoms with van der Waals surface area (Å²) in [7, 11) is 0. The lowest BCUT2D eigenvalue weighted by Gasteiger charge is -2.36. The summed E-state index contributed by atoms with van der Waals surface area (Å²) in [6, 6.07) is 0. The molecule has 7 heteroatoms. The standard InChI is InChI=1S/C29H53NO6/c1-2-3-4-5-6-7-8-9-10-11-12-13-14-15-16-17-18-19-20-21-22-23-30(24-27(31)32,25-28(33)34)26-29(35)36/h7-8H,2-6,9-26H2,1H3,(H2-,31,32,33,34,35,36)/b8-7+. The number of nitrogens with zero attached hydrogens (tertiary/aromatic N) is 1. The van der Waals surface area contributed by atoms with Gasteiger partial charge in [0.2, 0.25) is 0 Å². The Bertz CT molecular complexity index is 564. The van der Waals surface area contributed by atoms with E-state index in [0.717, 1.165) is 19.3 Å². The molecule has 0 fully saturated rings. The molecule has 0 radical (unpaired) electrons. The summed E-state index contributed by atoms with van der Waals surface area (Å²) < 4.78 is -0.497. The first-order chi connectivity index (χ1) is 17.3. The van der Waals surface area contributed by atoms with E-state index in [0.29, 0.717) is 6.42 Å². The Labute approximate surface area is 219 Å². The molecule has 0 saturated heterocycles. The lowest BCUT2D eigenvalue weighted by Crippen LogP contribution is -2.59. The zero-order valence-corrected chi connectivity index (χ0v) is 22.9. The van der Waals surface area contributed by atoms with E-state index in [4.69, 9.17) is 10.2 Å². The number of unbranched alkanes of at least 4 members (excludes halogenated alkanes) is 17. The zero-order chi connectivity index (χ0) is 26.9. The number of hydrogen-bond donors (Lipinski definition) is 2. The van der Waals surface area contributed by atoms with Gasteiger partial charge in [-0.1, -0.05) is 103 Å². The zero-order valence-electron chi connectivity index (χ0n) is 22.9. The summed E-state index contributed by atoms with van der Waals surface area (Å²) in [4.78, 5) is 33.4. The summed E-state index contributed by atoms with van der Waals surface area (Å²) in [5.41, 5.74) is 0. The van der Waals surface area contributed by atoms with Crippen LogP contribution in [0.3, 0.4) is 0 Å². The van der Waals surface area contributed by atoms with Gasteiger partial charge in [-0.3, -0.25) is 0 Å². The molecular weight excluding hydrogens is 458 g/mol. The molecule has 7 nitrogen and oxygen atoms in total. The topological polar surface area (TPSA) is 115 Å². The number of carbonyl (C=O) groups excluding carboxylic acids is 1. The maximum atomic E-state index is 11.2. The molecule has 0 amide bonds. The highest BCUT2D eigenvalue weighted by Crippen LogP contribution is 2.15. The van der Waals surface area contributed by atoms with Crippen molar-refractivity contribution in [3.05, 3.63) is 12.2 Å². The smallest absolute Gasteiger partial charge is 0.359 e. The molecule has 0 aliphatic rings. The van der Waals surface area contributed by atoms with Gasteiger partial charge in [-0.2, -0.15) is 0 Å². The van der Waals surface area contributed by atoms with Crippen LogP contribution in [-0.2, 0) is 14.4 Å². The summed E-state index contributed by atoms with van der Waals surface area (Å²) in [6.07, 6.45) is 27.7. The van der Waals surface area contributed by atoms with Crippen molar-refractivity contribution < 1.29 is 34.2 Å². The molecule has 210 valence electrons. The number of carbonyl (C=O) groups is 3. The Morgan fingerprint density at radius 1 is 0.583 bits per heavy atom. The first-order valence-corrected chi connectivity index (χ1v) is 14.4. The Kier molecular flexibility index (Phi) is 22.3. The predicted molar refractivity (Wildman–Crippen MR) is 143 cm³/mol. The number of quaternary nitrogens is 1. The molecule has 0 heterocycles. The minimum Gasteiger partial charge on any atom is -0.544 e. The Hall–Kier alpha value is -1.89. The minimum absolute atomic E-state index is 0.224. The van der Waals surface area contributed by atoms with Crippen molar-refractivity contribution >= 4 is 17.9 Å². The second-order valence-corrected chi connectivity index (χ2v) is 10.4. The Balaban J connectivity index is 3.67. The number of carboxylic acid groups (broad SMARTS) is 3. The van der Waals surface area contributed by atoms with Crippen LogP contribution < -0.4 is 5.11 Å². The lowest BCUT2D eigenvalue weighted by molar-refractivity contribution is -0.909. The first-order valence-electron chi connectivity index (χ1n) is 14.4. The van der Waals surface area contributed by atoms with Crippen LogP contribution in [0.2, 0.25) is 0 Å². The average molecular weight is 512 g/mol.